The maximum atomic E-state index is 12.8. The van der Waals surface area contributed by atoms with Crippen LogP contribution in [0.4, 0.5) is 13.2 Å². The van der Waals surface area contributed by atoms with E-state index in [9.17, 15) is 26.9 Å². The predicted molar refractivity (Wildman–Crippen MR) is 118 cm³/mol. The van der Waals surface area contributed by atoms with Crippen molar-refractivity contribution in [1.82, 2.24) is 24.2 Å². The minimum Gasteiger partial charge on any atom is -0.275 e. The summed E-state index contributed by atoms with van der Waals surface area (Å²) in [7, 11) is -4.50. The second-order valence-corrected chi connectivity index (χ2v) is 9.30. The summed E-state index contributed by atoms with van der Waals surface area (Å²) in [5.41, 5.74) is 0.988. The van der Waals surface area contributed by atoms with Gasteiger partial charge in [0, 0.05) is 24.0 Å². The number of hydrogen-bond donors (Lipinski definition) is 1. The Kier molecular flexibility index (Phi) is 6.03. The highest BCUT2D eigenvalue weighted by atomic mass is 35.5. The van der Waals surface area contributed by atoms with Gasteiger partial charge in [-0.1, -0.05) is 17.7 Å². The van der Waals surface area contributed by atoms with Crippen LogP contribution in [0.2, 0.25) is 5.02 Å². The molecule has 0 aliphatic carbocycles. The molecule has 1 N–H and O–H groups in total. The SMILES string of the molecule is CC(NS(=O)(=O)c1ccc(-c2c(C#N)c3cc(Cl)cnc3n2-c2ccccn2)nc1)C(F)(F)F. The zero-order valence-corrected chi connectivity index (χ0v) is 18.8. The van der Waals surface area contributed by atoms with Crippen LogP contribution in [0.1, 0.15) is 12.5 Å². The molecule has 4 aromatic heterocycles. The van der Waals surface area contributed by atoms with Crippen molar-refractivity contribution in [2.75, 3.05) is 0 Å². The van der Waals surface area contributed by atoms with Gasteiger partial charge in [0.15, 0.2) is 0 Å². The van der Waals surface area contributed by atoms with Crippen molar-refractivity contribution in [1.29, 1.82) is 5.26 Å². The summed E-state index contributed by atoms with van der Waals surface area (Å²) in [5.74, 6) is 0.415. The smallest absolute Gasteiger partial charge is 0.275 e. The van der Waals surface area contributed by atoms with Crippen molar-refractivity contribution < 1.29 is 21.6 Å². The Bertz CT molecular complexity index is 1510. The van der Waals surface area contributed by atoms with Crippen molar-refractivity contribution >= 4 is 32.7 Å². The molecule has 0 saturated heterocycles. The van der Waals surface area contributed by atoms with Gasteiger partial charge in [-0.25, -0.2) is 18.4 Å². The fourth-order valence-electron chi connectivity index (χ4n) is 3.25. The third-order valence-electron chi connectivity index (χ3n) is 4.88. The third kappa shape index (κ3) is 4.33. The lowest BCUT2D eigenvalue weighted by Gasteiger charge is -2.17. The molecule has 0 amide bonds. The minimum atomic E-state index is -4.75. The van der Waals surface area contributed by atoms with Crippen LogP contribution in [0.25, 0.3) is 28.2 Å². The lowest BCUT2D eigenvalue weighted by atomic mass is 10.1. The molecule has 1 atom stereocenters. The molecule has 4 rings (SSSR count). The molecule has 0 bridgehead atoms. The van der Waals surface area contributed by atoms with Gasteiger partial charge in [-0.3, -0.25) is 9.55 Å². The molecule has 1 unspecified atom stereocenters. The first kappa shape index (κ1) is 23.6. The van der Waals surface area contributed by atoms with E-state index in [1.54, 1.807) is 39.8 Å². The number of fused-ring (bicyclic) bond motifs is 1. The largest absolute Gasteiger partial charge is 0.404 e. The number of nitrogens with zero attached hydrogens (tertiary/aromatic N) is 5. The quantitative estimate of drug-likeness (QED) is 0.433. The molecule has 0 aromatic carbocycles. The summed E-state index contributed by atoms with van der Waals surface area (Å²) < 4.78 is 66.3. The highest BCUT2D eigenvalue weighted by Crippen LogP contribution is 2.35. The van der Waals surface area contributed by atoms with Crippen LogP contribution in [0.5, 0.6) is 0 Å². The van der Waals surface area contributed by atoms with Crippen molar-refractivity contribution in [3.63, 3.8) is 0 Å². The van der Waals surface area contributed by atoms with Gasteiger partial charge in [-0.2, -0.15) is 23.2 Å². The van der Waals surface area contributed by atoms with E-state index in [-0.39, 0.29) is 17.0 Å². The molecule has 4 aromatic rings. The first-order chi connectivity index (χ1) is 16.0. The molecular formula is C21H14ClF3N6O2S. The van der Waals surface area contributed by atoms with Gasteiger partial charge in [-0.05, 0) is 37.3 Å². The van der Waals surface area contributed by atoms with Gasteiger partial charge in [0.05, 0.1) is 22.0 Å². The van der Waals surface area contributed by atoms with Gasteiger partial charge < -0.3 is 0 Å². The molecular weight excluding hydrogens is 493 g/mol. The first-order valence-corrected chi connectivity index (χ1v) is 11.5. The summed E-state index contributed by atoms with van der Waals surface area (Å²) in [6.45, 7) is 0.696. The number of halogens is 4. The second kappa shape index (κ2) is 8.68. The van der Waals surface area contributed by atoms with Gasteiger partial charge in [0.2, 0.25) is 10.0 Å². The van der Waals surface area contributed by atoms with Crippen molar-refractivity contribution in [3.8, 4) is 23.3 Å². The number of pyridine rings is 3. The van der Waals surface area contributed by atoms with E-state index in [1.807, 2.05) is 0 Å². The Morgan fingerprint density at radius 2 is 1.91 bits per heavy atom. The molecule has 8 nitrogen and oxygen atoms in total. The number of sulfonamides is 1. The van der Waals surface area contributed by atoms with Crippen LogP contribution in [0, 0.1) is 11.3 Å². The Balaban J connectivity index is 1.87. The Morgan fingerprint density at radius 1 is 1.15 bits per heavy atom. The maximum absolute atomic E-state index is 12.8. The fraction of sp³-hybridized carbons (Fsp3) is 0.143. The van der Waals surface area contributed by atoms with Crippen LogP contribution < -0.4 is 4.72 Å². The predicted octanol–water partition coefficient (Wildman–Crippen LogP) is 4.24. The lowest BCUT2D eigenvalue weighted by molar-refractivity contribution is -0.147. The molecule has 174 valence electrons. The molecule has 0 aliphatic heterocycles. The Labute approximate surface area is 196 Å². The number of rotatable bonds is 5. The summed E-state index contributed by atoms with van der Waals surface area (Å²) >= 11 is 6.08. The number of nitriles is 1. The van der Waals surface area contributed by atoms with Gasteiger partial charge >= 0.3 is 6.18 Å². The Hall–Kier alpha value is -3.53. The van der Waals surface area contributed by atoms with E-state index < -0.39 is 27.1 Å². The highest BCUT2D eigenvalue weighted by Gasteiger charge is 2.39. The molecule has 4 heterocycles. The van der Waals surface area contributed by atoms with Crippen LogP contribution in [-0.2, 0) is 10.0 Å². The average Bonchev–Trinajstić information content (AvgIpc) is 3.12. The first-order valence-electron chi connectivity index (χ1n) is 9.60. The monoisotopic (exact) mass is 506 g/mol. The van der Waals surface area contributed by atoms with Gasteiger partial charge in [-0.15, -0.1) is 0 Å². The standard InChI is InChI=1S/C21H14ClF3N6O2S/c1-12(21(23,24)25)30-34(32,33)14-5-6-17(28-11-14)19-16(9-26)15-8-13(22)10-29-20(15)31(19)18-4-2-3-7-27-18/h2-8,10-12,30H,1H3. The summed E-state index contributed by atoms with van der Waals surface area (Å²) in [6.07, 6.45) is -0.878. The zero-order valence-electron chi connectivity index (χ0n) is 17.2. The maximum Gasteiger partial charge on any atom is 0.404 e. The summed E-state index contributed by atoms with van der Waals surface area (Å²) in [4.78, 5) is 12.3. The summed E-state index contributed by atoms with van der Waals surface area (Å²) in [6, 6.07) is 8.90. The van der Waals surface area contributed by atoms with Crippen molar-refractivity contribution in [2.45, 2.75) is 24.0 Å². The van der Waals surface area contributed by atoms with Crippen LogP contribution in [0.3, 0.4) is 0 Å². The lowest BCUT2D eigenvalue weighted by Crippen LogP contribution is -2.42. The van der Waals surface area contributed by atoms with E-state index in [0.717, 1.165) is 12.3 Å². The topological polar surface area (TPSA) is 114 Å². The van der Waals surface area contributed by atoms with E-state index >= 15 is 0 Å². The Morgan fingerprint density at radius 3 is 2.50 bits per heavy atom. The molecule has 0 fully saturated rings. The van der Waals surface area contributed by atoms with E-state index in [0.29, 0.717) is 28.8 Å². The van der Waals surface area contributed by atoms with Crippen LogP contribution in [0.15, 0.2) is 59.9 Å². The normalized spacial score (nSPS) is 13.1. The van der Waals surface area contributed by atoms with Crippen LogP contribution >= 0.6 is 11.6 Å². The van der Waals surface area contributed by atoms with E-state index in [4.69, 9.17) is 11.6 Å². The molecule has 0 aliphatic rings. The van der Waals surface area contributed by atoms with E-state index in [2.05, 4.69) is 21.0 Å². The zero-order chi connectivity index (χ0) is 24.7. The summed E-state index contributed by atoms with van der Waals surface area (Å²) in [5, 5.41) is 10.6. The molecule has 13 heteroatoms. The van der Waals surface area contributed by atoms with Crippen molar-refractivity contribution in [3.05, 3.63) is 65.6 Å². The third-order valence-corrected chi connectivity index (χ3v) is 6.61. The highest BCUT2D eigenvalue weighted by molar-refractivity contribution is 7.89. The number of alkyl halides is 3. The second-order valence-electron chi connectivity index (χ2n) is 7.15. The number of aromatic nitrogens is 4. The van der Waals surface area contributed by atoms with Crippen LogP contribution in [-0.4, -0.2) is 40.2 Å². The minimum absolute atomic E-state index is 0.169. The molecule has 0 spiro atoms. The van der Waals surface area contributed by atoms with E-state index in [1.165, 1.54) is 12.3 Å². The fourth-order valence-corrected chi connectivity index (χ4v) is 4.58. The number of hydrogen-bond acceptors (Lipinski definition) is 6. The van der Waals surface area contributed by atoms with Gasteiger partial charge in [0.1, 0.15) is 28.5 Å². The molecule has 34 heavy (non-hydrogen) atoms. The molecule has 0 saturated carbocycles. The van der Waals surface area contributed by atoms with Gasteiger partial charge in [0.25, 0.3) is 0 Å². The average molecular weight is 507 g/mol. The number of nitrogens with one attached hydrogen (secondary N) is 1. The van der Waals surface area contributed by atoms with Crippen molar-refractivity contribution in [2.24, 2.45) is 0 Å². The molecule has 0 radical (unpaired) electrons.